The van der Waals surface area contributed by atoms with Crippen LogP contribution in [0.5, 0.6) is 0 Å². The predicted octanol–water partition coefficient (Wildman–Crippen LogP) is 9.92. The molecule has 49 heavy (non-hydrogen) atoms. The molecule has 0 unspecified atom stereocenters. The number of carbonyl (C=O) groups excluding carboxylic acids is 2. The van der Waals surface area contributed by atoms with Crippen molar-refractivity contribution in [3.05, 3.63) is 60.8 Å². The smallest absolute Gasteiger partial charge is 0.462 e. The SMILES string of the molecule is CCCCC/C=C\C[C@H](O)/C=C/C=C\C/C=C\CCCC(=O)O[C@H](COC(=O)CCCCCCC/C=C\CCCCCC)COP(=O)(O)O. The van der Waals surface area contributed by atoms with Crippen LogP contribution in [0, 0.1) is 0 Å². The molecule has 0 fully saturated rings. The Morgan fingerprint density at radius 3 is 1.88 bits per heavy atom. The van der Waals surface area contributed by atoms with Crippen molar-refractivity contribution in [1.29, 1.82) is 0 Å². The Kier molecular flexibility index (Phi) is 32.6. The first-order chi connectivity index (χ1) is 23.7. The minimum absolute atomic E-state index is 0.100. The second-order valence-corrected chi connectivity index (χ2v) is 13.6. The number of ether oxygens (including phenoxy) is 2. The normalized spacial score (nSPS) is 13.8. The van der Waals surface area contributed by atoms with E-state index in [0.29, 0.717) is 32.1 Å². The summed E-state index contributed by atoms with van der Waals surface area (Å²) in [6.45, 7) is 3.49. The van der Waals surface area contributed by atoms with Crippen LogP contribution in [-0.2, 0) is 28.2 Å². The average molecular weight is 711 g/mol. The number of phosphoric acid groups is 1. The van der Waals surface area contributed by atoms with E-state index < -0.39 is 38.6 Å². The topological polar surface area (TPSA) is 140 Å². The van der Waals surface area contributed by atoms with E-state index in [2.05, 4.69) is 36.6 Å². The number of aliphatic hydroxyl groups excluding tert-OH is 1. The minimum Gasteiger partial charge on any atom is -0.462 e. The van der Waals surface area contributed by atoms with Gasteiger partial charge in [-0.2, -0.15) is 0 Å². The monoisotopic (exact) mass is 710 g/mol. The van der Waals surface area contributed by atoms with E-state index in [1.165, 1.54) is 44.9 Å². The Labute approximate surface area is 297 Å². The maximum Gasteiger partial charge on any atom is 0.469 e. The van der Waals surface area contributed by atoms with Crippen LogP contribution in [-0.4, -0.2) is 52.3 Å². The molecule has 10 heteroatoms. The van der Waals surface area contributed by atoms with Crippen LogP contribution in [0.2, 0.25) is 0 Å². The van der Waals surface area contributed by atoms with Gasteiger partial charge < -0.3 is 24.4 Å². The van der Waals surface area contributed by atoms with Gasteiger partial charge in [-0.1, -0.05) is 126 Å². The van der Waals surface area contributed by atoms with E-state index in [1.54, 1.807) is 6.08 Å². The molecule has 0 aliphatic rings. The van der Waals surface area contributed by atoms with Crippen molar-refractivity contribution in [2.75, 3.05) is 13.2 Å². The van der Waals surface area contributed by atoms with E-state index in [9.17, 15) is 19.3 Å². The van der Waals surface area contributed by atoms with Gasteiger partial charge in [-0.15, -0.1) is 0 Å². The predicted molar refractivity (Wildman–Crippen MR) is 199 cm³/mol. The van der Waals surface area contributed by atoms with Gasteiger partial charge in [-0.25, -0.2) is 4.57 Å². The molecule has 9 nitrogen and oxygen atoms in total. The summed E-state index contributed by atoms with van der Waals surface area (Å²) in [6, 6.07) is 0. The van der Waals surface area contributed by atoms with E-state index in [4.69, 9.17) is 19.3 Å². The van der Waals surface area contributed by atoms with Gasteiger partial charge in [-0.3, -0.25) is 14.1 Å². The molecule has 0 saturated heterocycles. The maximum atomic E-state index is 12.3. The lowest BCUT2D eigenvalue weighted by Crippen LogP contribution is -2.29. The van der Waals surface area contributed by atoms with Crippen molar-refractivity contribution in [3.63, 3.8) is 0 Å². The van der Waals surface area contributed by atoms with Gasteiger partial charge in [0.1, 0.15) is 6.61 Å². The molecule has 0 heterocycles. The van der Waals surface area contributed by atoms with Gasteiger partial charge in [-0.05, 0) is 70.6 Å². The average Bonchev–Trinajstić information content (AvgIpc) is 3.06. The molecule has 0 amide bonds. The lowest BCUT2D eigenvalue weighted by atomic mass is 10.1. The van der Waals surface area contributed by atoms with E-state index in [-0.39, 0.29) is 19.4 Å². The van der Waals surface area contributed by atoms with E-state index in [1.807, 2.05) is 36.5 Å². The number of rotatable bonds is 33. The molecule has 0 radical (unpaired) electrons. The molecule has 0 rings (SSSR count). The van der Waals surface area contributed by atoms with E-state index >= 15 is 0 Å². The second kappa shape index (κ2) is 34.2. The van der Waals surface area contributed by atoms with Crippen LogP contribution in [0.3, 0.4) is 0 Å². The second-order valence-electron chi connectivity index (χ2n) is 12.4. The fraction of sp³-hybridized carbons (Fsp3) is 0.692. The van der Waals surface area contributed by atoms with Crippen molar-refractivity contribution in [2.45, 2.75) is 161 Å². The van der Waals surface area contributed by atoms with Gasteiger partial charge in [0.25, 0.3) is 0 Å². The van der Waals surface area contributed by atoms with E-state index in [0.717, 1.165) is 44.9 Å². The van der Waals surface area contributed by atoms with Crippen molar-refractivity contribution in [1.82, 2.24) is 0 Å². The number of unbranched alkanes of at least 4 members (excludes halogenated alkanes) is 13. The molecule has 0 bridgehead atoms. The summed E-state index contributed by atoms with van der Waals surface area (Å²) >= 11 is 0. The number of phosphoric ester groups is 1. The first-order valence-corrected chi connectivity index (χ1v) is 20.2. The third-order valence-corrected chi connectivity index (χ3v) is 8.07. The number of hydrogen-bond acceptors (Lipinski definition) is 7. The van der Waals surface area contributed by atoms with Crippen molar-refractivity contribution in [2.24, 2.45) is 0 Å². The number of allylic oxidation sites excluding steroid dienone is 8. The highest BCUT2D eigenvalue weighted by atomic mass is 31.2. The Balaban J connectivity index is 4.18. The number of esters is 2. The molecule has 0 aromatic rings. The summed E-state index contributed by atoms with van der Waals surface area (Å²) < 4.78 is 26.2. The van der Waals surface area contributed by atoms with Crippen LogP contribution in [0.25, 0.3) is 0 Å². The van der Waals surface area contributed by atoms with Gasteiger partial charge in [0.2, 0.25) is 0 Å². The summed E-state index contributed by atoms with van der Waals surface area (Å²) in [4.78, 5) is 42.6. The fourth-order valence-electron chi connectivity index (χ4n) is 4.74. The Morgan fingerprint density at radius 1 is 0.633 bits per heavy atom. The zero-order valence-corrected chi connectivity index (χ0v) is 31.3. The van der Waals surface area contributed by atoms with Crippen molar-refractivity contribution in [3.8, 4) is 0 Å². The molecule has 0 aromatic carbocycles. The summed E-state index contributed by atoms with van der Waals surface area (Å²) in [7, 11) is -4.78. The molecule has 0 spiro atoms. The quantitative estimate of drug-likeness (QED) is 0.0200. The number of carbonyl (C=O) groups is 2. The molecule has 282 valence electrons. The Hall–Kier alpha value is -2.29. The summed E-state index contributed by atoms with van der Waals surface area (Å²) in [5.41, 5.74) is 0. The van der Waals surface area contributed by atoms with Crippen molar-refractivity contribution >= 4 is 19.8 Å². The zero-order chi connectivity index (χ0) is 36.3. The Bertz CT molecular complexity index is 996. The van der Waals surface area contributed by atoms with Crippen LogP contribution < -0.4 is 0 Å². The van der Waals surface area contributed by atoms with Crippen LogP contribution in [0.4, 0.5) is 0 Å². The van der Waals surface area contributed by atoms with Crippen LogP contribution >= 0.6 is 7.82 Å². The summed E-state index contributed by atoms with van der Waals surface area (Å²) in [5, 5.41) is 9.98. The highest BCUT2D eigenvalue weighted by molar-refractivity contribution is 7.46. The molecule has 0 aliphatic carbocycles. The van der Waals surface area contributed by atoms with Gasteiger partial charge >= 0.3 is 19.8 Å². The van der Waals surface area contributed by atoms with Gasteiger partial charge in [0.05, 0.1) is 12.7 Å². The third kappa shape index (κ3) is 36.8. The number of aliphatic hydroxyl groups is 1. The first kappa shape index (κ1) is 46.7. The summed E-state index contributed by atoms with van der Waals surface area (Å²) in [6.07, 6.45) is 38.3. The van der Waals surface area contributed by atoms with Crippen LogP contribution in [0.15, 0.2) is 60.8 Å². The highest BCUT2D eigenvalue weighted by Crippen LogP contribution is 2.35. The molecular weight excluding hydrogens is 643 g/mol. The number of hydrogen-bond donors (Lipinski definition) is 3. The van der Waals surface area contributed by atoms with Crippen molar-refractivity contribution < 1.29 is 43.0 Å². The van der Waals surface area contributed by atoms with Crippen LogP contribution in [0.1, 0.15) is 149 Å². The van der Waals surface area contributed by atoms with Gasteiger partial charge in [0.15, 0.2) is 6.10 Å². The van der Waals surface area contributed by atoms with Gasteiger partial charge in [0, 0.05) is 12.8 Å². The molecule has 2 atom stereocenters. The molecular formula is C39H67O9P. The molecule has 0 aromatic heterocycles. The Morgan fingerprint density at radius 2 is 1.18 bits per heavy atom. The molecule has 3 N–H and O–H groups in total. The first-order valence-electron chi connectivity index (χ1n) is 18.7. The molecule has 0 saturated carbocycles. The largest absolute Gasteiger partial charge is 0.469 e. The molecule has 0 aliphatic heterocycles. The zero-order valence-electron chi connectivity index (χ0n) is 30.4. The third-order valence-electron chi connectivity index (χ3n) is 7.59. The standard InChI is InChI=1S/C39H67O9P/c1-3-5-7-9-11-12-13-14-15-16-20-24-28-32-38(41)46-34-37(35-47-49(43,44)45)48-39(42)33-29-25-21-18-17-19-23-27-31-36(40)30-26-22-10-8-6-4-2/h12-13,18-19,21-23,26-27,31,36-37,40H,3-11,14-17,20,24-25,28-30,32-35H2,1-2H3,(H2,43,44,45)/b13-12-,21-18-,23-19-,26-22-,31-27+/t36-,37+/m0/s1. The maximum absolute atomic E-state index is 12.3. The lowest BCUT2D eigenvalue weighted by Gasteiger charge is -2.18. The minimum atomic E-state index is -4.78. The summed E-state index contributed by atoms with van der Waals surface area (Å²) in [5.74, 6) is -1.01. The lowest BCUT2D eigenvalue weighted by molar-refractivity contribution is -0.161. The highest BCUT2D eigenvalue weighted by Gasteiger charge is 2.22. The fourth-order valence-corrected chi connectivity index (χ4v) is 5.10.